The fraction of sp³-hybridized carbons (Fsp3) is 0.176. The predicted octanol–water partition coefficient (Wildman–Crippen LogP) is 1.81. The number of hydrogen-bond donors (Lipinski definition) is 1. The standard InChI is InChI=1S/C17H14F2N4O4S/c18-12-3-1-11(2-4-12)8-23-10-22(9-16-20-17(24)27-21-16)14-6-5-13(19)7-15(14)28(23,25)26/h1-7H,8-10H2,(H,20,21,24). The van der Waals surface area contributed by atoms with Gasteiger partial charge in [0.2, 0.25) is 10.0 Å². The van der Waals surface area contributed by atoms with E-state index < -0.39 is 27.4 Å². The molecule has 1 N–H and O–H groups in total. The molecule has 4 rings (SSSR count). The van der Waals surface area contributed by atoms with Crippen LogP contribution in [0.25, 0.3) is 0 Å². The fourth-order valence-corrected chi connectivity index (χ4v) is 4.62. The number of aromatic nitrogens is 2. The molecule has 0 saturated heterocycles. The quantitative estimate of drug-likeness (QED) is 0.707. The summed E-state index contributed by atoms with van der Waals surface area (Å²) in [6.07, 6.45) is 0. The largest absolute Gasteiger partial charge is 0.438 e. The Hall–Kier alpha value is -3.05. The smallest absolute Gasteiger partial charge is 0.349 e. The van der Waals surface area contributed by atoms with Crippen molar-refractivity contribution in [3.8, 4) is 0 Å². The van der Waals surface area contributed by atoms with Crippen molar-refractivity contribution in [1.29, 1.82) is 0 Å². The van der Waals surface area contributed by atoms with E-state index in [1.807, 2.05) is 0 Å². The van der Waals surface area contributed by atoms with Crippen LogP contribution in [0, 0.1) is 11.6 Å². The lowest BCUT2D eigenvalue weighted by Gasteiger charge is -2.37. The summed E-state index contributed by atoms with van der Waals surface area (Å²) in [6.45, 7) is -0.0720. The highest BCUT2D eigenvalue weighted by molar-refractivity contribution is 7.89. The van der Waals surface area contributed by atoms with Crippen molar-refractivity contribution in [2.45, 2.75) is 18.0 Å². The monoisotopic (exact) mass is 408 g/mol. The van der Waals surface area contributed by atoms with Crippen LogP contribution in [0.2, 0.25) is 0 Å². The summed E-state index contributed by atoms with van der Waals surface area (Å²) >= 11 is 0. The van der Waals surface area contributed by atoms with E-state index in [-0.39, 0.29) is 36.2 Å². The molecule has 0 unspecified atom stereocenters. The van der Waals surface area contributed by atoms with Crippen LogP contribution in [0.4, 0.5) is 14.5 Å². The molecule has 11 heteroatoms. The lowest BCUT2D eigenvalue weighted by Crippen LogP contribution is -2.45. The van der Waals surface area contributed by atoms with Crippen molar-refractivity contribution >= 4 is 15.7 Å². The number of rotatable bonds is 4. The van der Waals surface area contributed by atoms with Crippen LogP contribution in [0.3, 0.4) is 0 Å². The van der Waals surface area contributed by atoms with Crippen LogP contribution in [0.5, 0.6) is 0 Å². The van der Waals surface area contributed by atoms with Crippen LogP contribution in [-0.2, 0) is 23.1 Å². The highest BCUT2D eigenvalue weighted by Crippen LogP contribution is 2.35. The second kappa shape index (κ2) is 6.84. The number of fused-ring (bicyclic) bond motifs is 1. The van der Waals surface area contributed by atoms with Gasteiger partial charge in [0.05, 0.1) is 18.9 Å². The van der Waals surface area contributed by atoms with E-state index in [0.717, 1.165) is 16.4 Å². The number of hydrogen-bond acceptors (Lipinski definition) is 6. The van der Waals surface area contributed by atoms with Crippen LogP contribution in [0.1, 0.15) is 11.4 Å². The number of nitrogens with zero attached hydrogens (tertiary/aromatic N) is 3. The molecular weight excluding hydrogens is 394 g/mol. The maximum atomic E-state index is 13.8. The summed E-state index contributed by atoms with van der Waals surface area (Å²) in [7, 11) is -3.99. The second-order valence-corrected chi connectivity index (χ2v) is 8.14. The van der Waals surface area contributed by atoms with Gasteiger partial charge in [0.25, 0.3) is 0 Å². The normalized spacial score (nSPS) is 16.1. The number of benzene rings is 2. The zero-order chi connectivity index (χ0) is 19.9. The zero-order valence-corrected chi connectivity index (χ0v) is 15.1. The van der Waals surface area contributed by atoms with Gasteiger partial charge in [-0.3, -0.25) is 9.51 Å². The average Bonchev–Trinajstić information content (AvgIpc) is 3.06. The van der Waals surface area contributed by atoms with Crippen molar-refractivity contribution in [2.75, 3.05) is 11.6 Å². The number of anilines is 1. The van der Waals surface area contributed by atoms with Crippen molar-refractivity contribution < 1.29 is 21.7 Å². The van der Waals surface area contributed by atoms with Crippen LogP contribution in [0.15, 0.2) is 56.7 Å². The Morgan fingerprint density at radius 3 is 2.46 bits per heavy atom. The summed E-state index contributed by atoms with van der Waals surface area (Å²) in [5, 5.41) is 3.59. The molecule has 3 aromatic rings. The third kappa shape index (κ3) is 3.41. The SMILES string of the molecule is O=c1[nH]c(CN2CN(Cc3ccc(F)cc3)S(=O)(=O)c3cc(F)ccc32)no1. The number of aromatic amines is 1. The number of sulfonamides is 1. The minimum Gasteiger partial charge on any atom is -0.349 e. The van der Waals surface area contributed by atoms with E-state index >= 15 is 0 Å². The summed E-state index contributed by atoms with van der Waals surface area (Å²) in [5.74, 6) is -1.67. The van der Waals surface area contributed by atoms with Crippen molar-refractivity contribution in [1.82, 2.24) is 14.4 Å². The van der Waals surface area contributed by atoms with E-state index in [1.54, 1.807) is 4.90 Å². The van der Waals surface area contributed by atoms with Crippen molar-refractivity contribution in [3.05, 3.63) is 76.0 Å². The van der Waals surface area contributed by atoms with Crippen molar-refractivity contribution in [2.24, 2.45) is 0 Å². The van der Waals surface area contributed by atoms with Gasteiger partial charge in [0.1, 0.15) is 16.5 Å². The van der Waals surface area contributed by atoms with Crippen LogP contribution in [-0.4, -0.2) is 29.5 Å². The number of halogens is 2. The zero-order valence-electron chi connectivity index (χ0n) is 14.3. The molecule has 0 fully saturated rings. The first-order chi connectivity index (χ1) is 13.3. The molecule has 1 aliphatic heterocycles. The summed E-state index contributed by atoms with van der Waals surface area (Å²) in [5.41, 5.74) is 0.847. The average molecular weight is 408 g/mol. The Morgan fingerprint density at radius 1 is 1.07 bits per heavy atom. The van der Waals surface area contributed by atoms with Crippen LogP contribution < -0.4 is 10.7 Å². The fourth-order valence-electron chi connectivity index (χ4n) is 3.01. The van der Waals surface area contributed by atoms with Gasteiger partial charge in [-0.15, -0.1) is 0 Å². The second-order valence-electron chi connectivity index (χ2n) is 6.23. The maximum Gasteiger partial charge on any atom is 0.438 e. The van der Waals surface area contributed by atoms with E-state index in [2.05, 4.69) is 14.7 Å². The van der Waals surface area contributed by atoms with Gasteiger partial charge in [-0.05, 0) is 35.9 Å². The van der Waals surface area contributed by atoms with Crippen molar-refractivity contribution in [3.63, 3.8) is 0 Å². The molecule has 1 aliphatic rings. The predicted molar refractivity (Wildman–Crippen MR) is 93.7 cm³/mol. The first-order valence-electron chi connectivity index (χ1n) is 8.17. The molecule has 2 heterocycles. The van der Waals surface area contributed by atoms with Gasteiger partial charge in [0, 0.05) is 6.54 Å². The lowest BCUT2D eigenvalue weighted by atomic mass is 10.2. The molecule has 0 saturated carbocycles. The van der Waals surface area contributed by atoms with E-state index in [0.29, 0.717) is 5.56 Å². The molecule has 2 aromatic carbocycles. The highest BCUT2D eigenvalue weighted by Gasteiger charge is 2.36. The number of nitrogens with one attached hydrogen (secondary N) is 1. The third-order valence-electron chi connectivity index (χ3n) is 4.31. The van der Waals surface area contributed by atoms with Gasteiger partial charge in [-0.25, -0.2) is 22.0 Å². The molecule has 0 radical (unpaired) electrons. The highest BCUT2D eigenvalue weighted by atomic mass is 32.2. The molecule has 28 heavy (non-hydrogen) atoms. The van der Waals surface area contributed by atoms with E-state index in [9.17, 15) is 22.0 Å². The first-order valence-corrected chi connectivity index (χ1v) is 9.61. The summed E-state index contributed by atoms with van der Waals surface area (Å²) in [6, 6.07) is 8.88. The topological polar surface area (TPSA) is 99.5 Å². The Labute approximate surface area is 158 Å². The molecule has 8 nitrogen and oxygen atoms in total. The van der Waals surface area contributed by atoms with Gasteiger partial charge >= 0.3 is 5.76 Å². The molecular formula is C17H14F2N4O4S. The van der Waals surface area contributed by atoms with Gasteiger partial charge < -0.3 is 4.90 Å². The molecule has 0 bridgehead atoms. The molecule has 0 spiro atoms. The Bertz CT molecular complexity index is 1170. The third-order valence-corrected chi connectivity index (χ3v) is 6.11. The van der Waals surface area contributed by atoms with E-state index in [1.165, 1.54) is 30.3 Å². The molecule has 0 amide bonds. The molecule has 0 atom stereocenters. The summed E-state index contributed by atoms with van der Waals surface area (Å²) in [4.78, 5) is 15.0. The Kier molecular flexibility index (Phi) is 4.47. The molecule has 1 aromatic heterocycles. The first kappa shape index (κ1) is 18.3. The minimum absolute atomic E-state index is 0.0373. The van der Waals surface area contributed by atoms with Crippen LogP contribution >= 0.6 is 0 Å². The Balaban J connectivity index is 1.73. The molecule has 0 aliphatic carbocycles. The summed E-state index contributed by atoms with van der Waals surface area (Å²) < 4.78 is 58.5. The molecule has 146 valence electrons. The lowest BCUT2D eigenvalue weighted by molar-refractivity contribution is 0.371. The van der Waals surface area contributed by atoms with E-state index in [4.69, 9.17) is 0 Å². The maximum absolute atomic E-state index is 13.8. The Morgan fingerprint density at radius 2 is 1.79 bits per heavy atom. The van der Waals surface area contributed by atoms with Gasteiger partial charge in [-0.1, -0.05) is 17.3 Å². The minimum atomic E-state index is -3.99. The van der Waals surface area contributed by atoms with Gasteiger partial charge in [-0.2, -0.15) is 4.31 Å². The number of H-pyrrole nitrogens is 1. The van der Waals surface area contributed by atoms with Gasteiger partial charge in [0.15, 0.2) is 5.82 Å².